The fraction of sp³-hybridized carbons (Fsp3) is 0.300. The zero-order valence-corrected chi connectivity index (χ0v) is 16.3. The minimum absolute atomic E-state index is 0.422. The Morgan fingerprint density at radius 3 is 2.69 bits per heavy atom. The number of anilines is 2. The van der Waals surface area contributed by atoms with E-state index in [-0.39, 0.29) is 0 Å². The number of ether oxygens (including phenoxy) is 1. The Balaban J connectivity index is 1.84. The van der Waals surface area contributed by atoms with Crippen molar-refractivity contribution in [3.05, 3.63) is 54.1 Å². The maximum atomic E-state index is 5.24. The van der Waals surface area contributed by atoms with E-state index in [0.29, 0.717) is 5.11 Å². The molecule has 0 spiro atoms. The van der Waals surface area contributed by atoms with Crippen molar-refractivity contribution in [2.75, 3.05) is 30.9 Å². The molecule has 6 heteroatoms. The second-order valence-corrected chi connectivity index (χ2v) is 6.33. The first-order valence-electron chi connectivity index (χ1n) is 8.67. The van der Waals surface area contributed by atoms with Crippen LogP contribution >= 0.6 is 12.2 Å². The van der Waals surface area contributed by atoms with E-state index in [2.05, 4.69) is 46.8 Å². The van der Waals surface area contributed by atoms with Crippen LogP contribution in [0.2, 0.25) is 0 Å². The van der Waals surface area contributed by atoms with Gasteiger partial charge in [-0.3, -0.25) is 5.43 Å². The fourth-order valence-corrected chi connectivity index (χ4v) is 2.54. The van der Waals surface area contributed by atoms with Gasteiger partial charge in [0.2, 0.25) is 0 Å². The molecule has 0 fully saturated rings. The summed E-state index contributed by atoms with van der Waals surface area (Å²) in [5.74, 6) is 0.769. The summed E-state index contributed by atoms with van der Waals surface area (Å²) in [6.45, 7) is 3.27. The Kier molecular flexibility index (Phi) is 7.89. The third-order valence-corrected chi connectivity index (χ3v) is 4.08. The van der Waals surface area contributed by atoms with E-state index in [0.717, 1.165) is 23.5 Å². The molecule has 0 aromatic heterocycles. The highest BCUT2D eigenvalue weighted by Gasteiger charge is 2.00. The molecule has 0 bridgehead atoms. The molecular formula is C20H26N4OS. The number of hydrazone groups is 1. The van der Waals surface area contributed by atoms with E-state index in [9.17, 15) is 0 Å². The van der Waals surface area contributed by atoms with Gasteiger partial charge in [0.15, 0.2) is 5.11 Å². The van der Waals surface area contributed by atoms with Gasteiger partial charge in [0, 0.05) is 31.0 Å². The first-order chi connectivity index (χ1) is 12.6. The summed E-state index contributed by atoms with van der Waals surface area (Å²) in [6, 6.07) is 15.8. The van der Waals surface area contributed by atoms with Crippen LogP contribution in [0.25, 0.3) is 0 Å². The Morgan fingerprint density at radius 1 is 1.23 bits per heavy atom. The molecule has 2 N–H and O–H groups in total. The number of hydrogen-bond donors (Lipinski definition) is 2. The summed E-state index contributed by atoms with van der Waals surface area (Å²) >= 11 is 5.24. The predicted molar refractivity (Wildman–Crippen MR) is 115 cm³/mol. The van der Waals surface area contributed by atoms with Crippen LogP contribution in [0.3, 0.4) is 0 Å². The van der Waals surface area contributed by atoms with Crippen LogP contribution in [0.4, 0.5) is 11.4 Å². The predicted octanol–water partition coefficient (Wildman–Crippen LogP) is 4.25. The quantitative estimate of drug-likeness (QED) is 0.413. The van der Waals surface area contributed by atoms with Crippen LogP contribution in [0.15, 0.2) is 53.6 Å². The van der Waals surface area contributed by atoms with E-state index in [1.165, 1.54) is 18.5 Å². The molecule has 138 valence electrons. The second kappa shape index (κ2) is 10.4. The molecule has 0 aliphatic carbocycles. The fourth-order valence-electron chi connectivity index (χ4n) is 2.36. The number of benzene rings is 2. The molecule has 0 radical (unpaired) electrons. The number of rotatable bonds is 8. The summed E-state index contributed by atoms with van der Waals surface area (Å²) in [5, 5.41) is 7.67. The highest BCUT2D eigenvalue weighted by Crippen LogP contribution is 2.16. The molecule has 0 atom stereocenters. The lowest BCUT2D eigenvalue weighted by atomic mass is 10.2. The number of unbranched alkanes of at least 4 members (excludes halogenated alkanes) is 1. The molecule has 2 rings (SSSR count). The van der Waals surface area contributed by atoms with Gasteiger partial charge in [-0.25, -0.2) is 0 Å². The van der Waals surface area contributed by atoms with E-state index in [4.69, 9.17) is 17.0 Å². The third kappa shape index (κ3) is 6.37. The van der Waals surface area contributed by atoms with Crippen LogP contribution in [-0.4, -0.2) is 32.0 Å². The monoisotopic (exact) mass is 370 g/mol. The SMILES string of the molecule is CCCCN(C)c1ccc(/C=N/NC(=S)Nc2cccc(OC)c2)cc1. The van der Waals surface area contributed by atoms with Crippen molar-refractivity contribution in [1.82, 2.24) is 5.43 Å². The second-order valence-electron chi connectivity index (χ2n) is 5.92. The van der Waals surface area contributed by atoms with Crippen molar-refractivity contribution < 1.29 is 4.74 Å². The summed E-state index contributed by atoms with van der Waals surface area (Å²) in [7, 11) is 3.75. The van der Waals surface area contributed by atoms with Gasteiger partial charge in [0.1, 0.15) is 5.75 Å². The lowest BCUT2D eigenvalue weighted by Crippen LogP contribution is -2.23. The minimum Gasteiger partial charge on any atom is -0.497 e. The molecule has 0 saturated heterocycles. The molecular weight excluding hydrogens is 344 g/mol. The molecule has 0 aliphatic rings. The van der Waals surface area contributed by atoms with Crippen LogP contribution in [0.1, 0.15) is 25.3 Å². The standard InChI is InChI=1S/C20H26N4OS/c1-4-5-13-24(2)18-11-9-16(10-12-18)15-21-23-20(26)22-17-7-6-8-19(14-17)25-3/h6-12,14-15H,4-5,13H2,1-3H3,(H2,22,23,26)/b21-15+. The molecule has 0 amide bonds. The molecule has 26 heavy (non-hydrogen) atoms. The summed E-state index contributed by atoms with van der Waals surface area (Å²) < 4.78 is 5.19. The van der Waals surface area contributed by atoms with Gasteiger partial charge in [-0.1, -0.05) is 31.5 Å². The Hall–Kier alpha value is -2.60. The average Bonchev–Trinajstić information content (AvgIpc) is 2.66. The van der Waals surface area contributed by atoms with Crippen molar-refractivity contribution in [2.45, 2.75) is 19.8 Å². The van der Waals surface area contributed by atoms with Gasteiger partial charge in [-0.05, 0) is 48.5 Å². The van der Waals surface area contributed by atoms with Crippen molar-refractivity contribution in [3.8, 4) is 5.75 Å². The maximum Gasteiger partial charge on any atom is 0.191 e. The summed E-state index contributed by atoms with van der Waals surface area (Å²) in [6.07, 6.45) is 4.14. The van der Waals surface area contributed by atoms with E-state index in [1.807, 2.05) is 36.4 Å². The molecule has 0 unspecified atom stereocenters. The van der Waals surface area contributed by atoms with Crippen molar-refractivity contribution >= 4 is 34.9 Å². The summed E-state index contributed by atoms with van der Waals surface area (Å²) in [4.78, 5) is 2.26. The first kappa shape index (κ1) is 19.7. The first-order valence-corrected chi connectivity index (χ1v) is 9.08. The maximum absolute atomic E-state index is 5.24. The zero-order valence-electron chi connectivity index (χ0n) is 15.5. The molecule has 2 aromatic carbocycles. The smallest absolute Gasteiger partial charge is 0.191 e. The topological polar surface area (TPSA) is 48.9 Å². The number of nitrogens with zero attached hydrogens (tertiary/aromatic N) is 2. The van der Waals surface area contributed by atoms with E-state index >= 15 is 0 Å². The Morgan fingerprint density at radius 2 is 2.00 bits per heavy atom. The average molecular weight is 371 g/mol. The zero-order chi connectivity index (χ0) is 18.8. The summed E-state index contributed by atoms with van der Waals surface area (Å²) in [5.41, 5.74) is 5.88. The van der Waals surface area contributed by atoms with E-state index < -0.39 is 0 Å². The molecule has 0 aliphatic heterocycles. The number of nitrogens with one attached hydrogen (secondary N) is 2. The Labute approximate surface area is 161 Å². The number of hydrogen-bond acceptors (Lipinski definition) is 4. The van der Waals surface area contributed by atoms with Crippen molar-refractivity contribution in [1.29, 1.82) is 0 Å². The molecule has 0 saturated carbocycles. The van der Waals surface area contributed by atoms with Crippen molar-refractivity contribution in [3.63, 3.8) is 0 Å². The third-order valence-electron chi connectivity index (χ3n) is 3.89. The van der Waals surface area contributed by atoms with Gasteiger partial charge in [0.05, 0.1) is 13.3 Å². The molecule has 5 nitrogen and oxygen atoms in total. The van der Waals surface area contributed by atoms with Crippen LogP contribution in [0, 0.1) is 0 Å². The molecule has 0 heterocycles. The lowest BCUT2D eigenvalue weighted by Gasteiger charge is -2.18. The van der Waals surface area contributed by atoms with Gasteiger partial charge in [-0.15, -0.1) is 0 Å². The van der Waals surface area contributed by atoms with E-state index in [1.54, 1.807) is 13.3 Å². The normalized spacial score (nSPS) is 10.6. The van der Waals surface area contributed by atoms with Crippen LogP contribution in [0.5, 0.6) is 5.75 Å². The van der Waals surface area contributed by atoms with Crippen LogP contribution < -0.4 is 20.4 Å². The van der Waals surface area contributed by atoms with Crippen LogP contribution in [-0.2, 0) is 0 Å². The minimum atomic E-state index is 0.422. The number of methoxy groups -OCH3 is 1. The highest BCUT2D eigenvalue weighted by molar-refractivity contribution is 7.80. The van der Waals surface area contributed by atoms with Gasteiger partial charge in [-0.2, -0.15) is 5.10 Å². The molecule has 2 aromatic rings. The van der Waals surface area contributed by atoms with Gasteiger partial charge >= 0.3 is 0 Å². The largest absolute Gasteiger partial charge is 0.497 e. The highest BCUT2D eigenvalue weighted by atomic mass is 32.1. The van der Waals surface area contributed by atoms with Crippen molar-refractivity contribution in [2.24, 2.45) is 5.10 Å². The lowest BCUT2D eigenvalue weighted by molar-refractivity contribution is 0.415. The number of thiocarbonyl (C=S) groups is 1. The van der Waals surface area contributed by atoms with Gasteiger partial charge < -0.3 is 15.0 Å². The van der Waals surface area contributed by atoms with Gasteiger partial charge in [0.25, 0.3) is 0 Å². The Bertz CT molecular complexity index is 731.